The maximum absolute atomic E-state index is 6.24. The van der Waals surface area contributed by atoms with E-state index in [2.05, 4.69) is 12.1 Å². The summed E-state index contributed by atoms with van der Waals surface area (Å²) in [5.74, 6) is 4.25. The van der Waals surface area contributed by atoms with Gasteiger partial charge in [0, 0.05) is 10.9 Å². The molecule has 1 aromatic carbocycles. The van der Waals surface area contributed by atoms with Crippen LogP contribution in [0.15, 0.2) is 24.3 Å². The molecule has 3 rings (SSSR count). The first kappa shape index (κ1) is 12.8. The smallest absolute Gasteiger partial charge is 0.0408 e. The Morgan fingerprint density at radius 2 is 2.11 bits per heavy atom. The molecule has 2 bridgehead atoms. The van der Waals surface area contributed by atoms with E-state index < -0.39 is 0 Å². The third kappa shape index (κ3) is 2.56. The standard InChI is InChI=1S/C16H20Cl2/c17-10-14(7-11-2-1-3-15(18)8-11)16-9-12-4-5-13(16)6-12/h1-3,8,12-14,16H,4-7,9-10H2. The van der Waals surface area contributed by atoms with Crippen molar-refractivity contribution in [3.8, 4) is 0 Å². The third-order valence-electron chi connectivity index (χ3n) is 4.98. The predicted molar refractivity (Wildman–Crippen MR) is 78.3 cm³/mol. The van der Waals surface area contributed by atoms with Crippen molar-refractivity contribution in [3.63, 3.8) is 0 Å². The molecule has 2 aliphatic carbocycles. The van der Waals surface area contributed by atoms with Crippen molar-refractivity contribution < 1.29 is 0 Å². The van der Waals surface area contributed by atoms with E-state index in [1.807, 2.05) is 12.1 Å². The molecule has 0 heterocycles. The van der Waals surface area contributed by atoms with Crippen molar-refractivity contribution in [1.29, 1.82) is 0 Å². The summed E-state index contributed by atoms with van der Waals surface area (Å²) in [5, 5.41) is 0.841. The van der Waals surface area contributed by atoms with Gasteiger partial charge >= 0.3 is 0 Å². The maximum Gasteiger partial charge on any atom is 0.0408 e. The normalized spacial score (nSPS) is 31.8. The number of benzene rings is 1. The zero-order valence-electron chi connectivity index (χ0n) is 10.6. The molecule has 0 amide bonds. The molecule has 18 heavy (non-hydrogen) atoms. The number of rotatable bonds is 4. The minimum Gasteiger partial charge on any atom is -0.126 e. The van der Waals surface area contributed by atoms with Crippen molar-refractivity contribution >= 4 is 23.2 Å². The van der Waals surface area contributed by atoms with E-state index in [1.165, 1.54) is 31.2 Å². The highest BCUT2D eigenvalue weighted by atomic mass is 35.5. The van der Waals surface area contributed by atoms with Gasteiger partial charge in [0.1, 0.15) is 0 Å². The van der Waals surface area contributed by atoms with Crippen LogP contribution in [0.4, 0.5) is 0 Å². The molecule has 0 saturated heterocycles. The highest BCUT2D eigenvalue weighted by Gasteiger charge is 2.42. The second-order valence-corrected chi connectivity index (χ2v) is 6.83. The number of alkyl halides is 1. The van der Waals surface area contributed by atoms with E-state index in [0.29, 0.717) is 5.92 Å². The van der Waals surface area contributed by atoms with Crippen LogP contribution in [0.2, 0.25) is 5.02 Å². The Morgan fingerprint density at radius 1 is 1.22 bits per heavy atom. The highest BCUT2D eigenvalue weighted by Crippen LogP contribution is 2.51. The quantitative estimate of drug-likeness (QED) is 0.668. The summed E-state index contributed by atoms with van der Waals surface area (Å²) >= 11 is 12.3. The van der Waals surface area contributed by atoms with Crippen LogP contribution in [0.3, 0.4) is 0 Å². The molecule has 0 N–H and O–H groups in total. The lowest BCUT2D eigenvalue weighted by Gasteiger charge is -2.29. The summed E-state index contributed by atoms with van der Waals surface area (Å²) in [6.07, 6.45) is 6.89. The van der Waals surface area contributed by atoms with Gasteiger partial charge in [-0.2, -0.15) is 0 Å². The van der Waals surface area contributed by atoms with Crippen LogP contribution in [0.5, 0.6) is 0 Å². The Morgan fingerprint density at radius 3 is 2.72 bits per heavy atom. The zero-order chi connectivity index (χ0) is 12.5. The van der Waals surface area contributed by atoms with Crippen molar-refractivity contribution in [3.05, 3.63) is 34.9 Å². The molecule has 4 unspecified atom stereocenters. The van der Waals surface area contributed by atoms with Gasteiger partial charge in [-0.1, -0.05) is 30.2 Å². The second-order valence-electron chi connectivity index (χ2n) is 6.09. The maximum atomic E-state index is 6.24. The molecule has 0 aliphatic heterocycles. The molecule has 2 aliphatic rings. The summed E-state index contributed by atoms with van der Waals surface area (Å²) in [6.45, 7) is 0. The Bertz CT molecular complexity index is 415. The van der Waals surface area contributed by atoms with Gasteiger partial charge in [-0.05, 0) is 67.1 Å². The first-order valence-corrected chi connectivity index (χ1v) is 7.98. The van der Waals surface area contributed by atoms with Crippen LogP contribution in [0, 0.1) is 23.7 Å². The van der Waals surface area contributed by atoms with Gasteiger partial charge in [0.2, 0.25) is 0 Å². The molecule has 1 aromatic rings. The zero-order valence-corrected chi connectivity index (χ0v) is 12.1. The van der Waals surface area contributed by atoms with Crippen LogP contribution in [0.1, 0.15) is 31.2 Å². The van der Waals surface area contributed by atoms with Crippen LogP contribution in [0.25, 0.3) is 0 Å². The lowest BCUT2D eigenvalue weighted by molar-refractivity contribution is 0.243. The molecule has 0 radical (unpaired) electrons. The van der Waals surface area contributed by atoms with E-state index in [-0.39, 0.29) is 0 Å². The topological polar surface area (TPSA) is 0 Å². The van der Waals surface area contributed by atoms with Gasteiger partial charge < -0.3 is 0 Å². The Labute approximate surface area is 120 Å². The molecule has 0 aromatic heterocycles. The molecular formula is C16H20Cl2. The van der Waals surface area contributed by atoms with E-state index in [4.69, 9.17) is 23.2 Å². The predicted octanol–water partition coefficient (Wildman–Crippen LogP) is 5.17. The summed E-state index contributed by atoms with van der Waals surface area (Å²) in [4.78, 5) is 0. The summed E-state index contributed by atoms with van der Waals surface area (Å²) in [7, 11) is 0. The van der Waals surface area contributed by atoms with E-state index in [9.17, 15) is 0 Å². The van der Waals surface area contributed by atoms with Gasteiger partial charge in [-0.25, -0.2) is 0 Å². The minimum absolute atomic E-state index is 0.639. The number of hydrogen-bond donors (Lipinski definition) is 0. The Kier molecular flexibility index (Phi) is 3.86. The molecular weight excluding hydrogens is 263 g/mol. The van der Waals surface area contributed by atoms with Crippen LogP contribution in [-0.2, 0) is 6.42 Å². The molecule has 4 atom stereocenters. The molecule has 2 saturated carbocycles. The van der Waals surface area contributed by atoms with E-state index >= 15 is 0 Å². The molecule has 2 fully saturated rings. The summed E-state index contributed by atoms with van der Waals surface area (Å²) in [6, 6.07) is 8.26. The van der Waals surface area contributed by atoms with Gasteiger partial charge in [-0.15, -0.1) is 11.6 Å². The first-order chi connectivity index (χ1) is 8.76. The van der Waals surface area contributed by atoms with Crippen LogP contribution in [-0.4, -0.2) is 5.88 Å². The Hall–Kier alpha value is -0.200. The van der Waals surface area contributed by atoms with Crippen LogP contribution < -0.4 is 0 Å². The van der Waals surface area contributed by atoms with E-state index in [0.717, 1.165) is 35.1 Å². The molecule has 0 nitrogen and oxygen atoms in total. The molecule has 0 spiro atoms. The fourth-order valence-corrected chi connectivity index (χ4v) is 4.71. The lowest BCUT2D eigenvalue weighted by atomic mass is 9.77. The largest absolute Gasteiger partial charge is 0.126 e. The number of fused-ring (bicyclic) bond motifs is 2. The molecule has 2 heteroatoms. The van der Waals surface area contributed by atoms with Gasteiger partial charge in [-0.3, -0.25) is 0 Å². The van der Waals surface area contributed by atoms with Crippen molar-refractivity contribution in [2.45, 2.75) is 32.1 Å². The fourth-order valence-electron chi connectivity index (χ4n) is 4.16. The average molecular weight is 283 g/mol. The summed E-state index contributed by atoms with van der Waals surface area (Å²) < 4.78 is 0. The van der Waals surface area contributed by atoms with Crippen molar-refractivity contribution in [1.82, 2.24) is 0 Å². The fraction of sp³-hybridized carbons (Fsp3) is 0.625. The minimum atomic E-state index is 0.639. The monoisotopic (exact) mass is 282 g/mol. The van der Waals surface area contributed by atoms with Gasteiger partial charge in [0.15, 0.2) is 0 Å². The van der Waals surface area contributed by atoms with Crippen molar-refractivity contribution in [2.75, 3.05) is 5.88 Å². The number of hydrogen-bond acceptors (Lipinski definition) is 0. The Balaban J connectivity index is 1.69. The average Bonchev–Trinajstić information content (AvgIpc) is 2.98. The summed E-state index contributed by atoms with van der Waals surface area (Å²) in [5.41, 5.74) is 1.34. The molecule has 98 valence electrons. The van der Waals surface area contributed by atoms with Crippen LogP contribution >= 0.6 is 23.2 Å². The highest BCUT2D eigenvalue weighted by molar-refractivity contribution is 6.30. The number of halogens is 2. The van der Waals surface area contributed by atoms with Gasteiger partial charge in [0.05, 0.1) is 0 Å². The lowest BCUT2D eigenvalue weighted by Crippen LogP contribution is -2.24. The van der Waals surface area contributed by atoms with Crippen molar-refractivity contribution in [2.24, 2.45) is 23.7 Å². The van der Waals surface area contributed by atoms with Gasteiger partial charge in [0.25, 0.3) is 0 Å². The SMILES string of the molecule is ClCC(Cc1cccc(Cl)c1)C1CC2CCC1C2. The second kappa shape index (κ2) is 5.43. The third-order valence-corrected chi connectivity index (χ3v) is 5.61. The van der Waals surface area contributed by atoms with E-state index in [1.54, 1.807) is 0 Å². The first-order valence-electron chi connectivity index (χ1n) is 7.06.